The number of nitrogens with two attached hydrogens (primary N) is 1. The average molecular weight is 252 g/mol. The van der Waals surface area contributed by atoms with Crippen LogP contribution in [0.4, 0.5) is 5.82 Å². The van der Waals surface area contributed by atoms with E-state index in [9.17, 15) is 14.4 Å². The lowest BCUT2D eigenvalue weighted by molar-refractivity contribution is -0.137. The van der Waals surface area contributed by atoms with Crippen molar-refractivity contribution in [1.82, 2.24) is 10.3 Å². The van der Waals surface area contributed by atoms with Crippen LogP contribution in [0.15, 0.2) is 18.3 Å². The van der Waals surface area contributed by atoms with Gasteiger partial charge in [0.15, 0.2) is 0 Å². The van der Waals surface area contributed by atoms with E-state index in [-0.39, 0.29) is 12.1 Å². The Hall–Kier alpha value is -2.64. The lowest BCUT2D eigenvalue weighted by Gasteiger charge is -2.05. The zero-order valence-electron chi connectivity index (χ0n) is 9.34. The summed E-state index contributed by atoms with van der Waals surface area (Å²) in [7, 11) is 0. The Morgan fingerprint density at radius 2 is 2.00 bits per heavy atom. The van der Waals surface area contributed by atoms with E-state index in [2.05, 4.69) is 15.6 Å². The predicted octanol–water partition coefficient (Wildman–Crippen LogP) is -1.21. The molecule has 2 amide bonds. The first-order valence-electron chi connectivity index (χ1n) is 4.97. The molecule has 0 saturated heterocycles. The number of hydrogen-bond acceptors (Lipinski definition) is 5. The molecule has 96 valence electrons. The highest BCUT2D eigenvalue weighted by Gasteiger charge is 2.05. The second-order valence-electron chi connectivity index (χ2n) is 3.32. The number of carbonyl (C=O) groups is 3. The number of pyridine rings is 1. The van der Waals surface area contributed by atoms with Gasteiger partial charge in [0.2, 0.25) is 11.8 Å². The minimum Gasteiger partial charge on any atom is -0.480 e. The van der Waals surface area contributed by atoms with Crippen LogP contribution in [0.1, 0.15) is 10.4 Å². The van der Waals surface area contributed by atoms with Crippen molar-refractivity contribution in [3.63, 3.8) is 0 Å². The van der Waals surface area contributed by atoms with Crippen LogP contribution in [0.2, 0.25) is 0 Å². The molecule has 1 rings (SSSR count). The predicted molar refractivity (Wildman–Crippen MR) is 61.9 cm³/mol. The smallest absolute Gasteiger partial charge is 0.322 e. The Morgan fingerprint density at radius 1 is 1.28 bits per heavy atom. The number of nitrogens with zero attached hydrogens (tertiary/aromatic N) is 1. The van der Waals surface area contributed by atoms with Crippen molar-refractivity contribution in [3.05, 3.63) is 23.9 Å². The van der Waals surface area contributed by atoms with Crippen LogP contribution in [0.5, 0.6) is 0 Å². The second kappa shape index (κ2) is 6.18. The van der Waals surface area contributed by atoms with Gasteiger partial charge in [-0.25, -0.2) is 4.98 Å². The van der Waals surface area contributed by atoms with Gasteiger partial charge in [0, 0.05) is 6.20 Å². The number of aliphatic carboxylic acids is 1. The molecule has 0 aliphatic heterocycles. The molecule has 8 nitrogen and oxygen atoms in total. The maximum Gasteiger partial charge on any atom is 0.322 e. The summed E-state index contributed by atoms with van der Waals surface area (Å²) in [6.45, 7) is -0.551. The molecule has 1 heterocycles. The van der Waals surface area contributed by atoms with Crippen molar-refractivity contribution in [2.45, 2.75) is 0 Å². The highest BCUT2D eigenvalue weighted by atomic mass is 16.4. The molecular weight excluding hydrogens is 240 g/mol. The van der Waals surface area contributed by atoms with Crippen LogP contribution in [-0.4, -0.2) is 41.0 Å². The molecule has 1 aromatic heterocycles. The molecule has 0 unspecified atom stereocenters. The Labute approximate surface area is 102 Å². The van der Waals surface area contributed by atoms with Crippen LogP contribution in [0, 0.1) is 0 Å². The Morgan fingerprint density at radius 3 is 2.50 bits per heavy atom. The first-order valence-corrected chi connectivity index (χ1v) is 4.97. The number of nitrogens with one attached hydrogen (secondary N) is 2. The van der Waals surface area contributed by atoms with E-state index >= 15 is 0 Å². The molecule has 0 fully saturated rings. The molecule has 0 saturated carbocycles. The highest BCUT2D eigenvalue weighted by molar-refractivity contribution is 5.92. The van der Waals surface area contributed by atoms with E-state index in [1.807, 2.05) is 0 Å². The number of anilines is 1. The fourth-order valence-corrected chi connectivity index (χ4v) is 1.05. The van der Waals surface area contributed by atoms with Gasteiger partial charge in [0.05, 0.1) is 12.1 Å². The first-order chi connectivity index (χ1) is 8.49. The second-order valence-corrected chi connectivity index (χ2v) is 3.32. The number of amides is 2. The van der Waals surface area contributed by atoms with Crippen LogP contribution >= 0.6 is 0 Å². The number of carbonyl (C=O) groups excluding carboxylic acids is 2. The fraction of sp³-hybridized carbons (Fsp3) is 0.200. The van der Waals surface area contributed by atoms with Gasteiger partial charge in [0.25, 0.3) is 0 Å². The molecular formula is C10H12N4O4. The van der Waals surface area contributed by atoms with Gasteiger partial charge in [-0.1, -0.05) is 0 Å². The van der Waals surface area contributed by atoms with Crippen molar-refractivity contribution in [2.24, 2.45) is 5.73 Å². The summed E-state index contributed by atoms with van der Waals surface area (Å²) < 4.78 is 0. The quantitative estimate of drug-likeness (QED) is 0.502. The maximum atomic E-state index is 11.2. The molecule has 5 N–H and O–H groups in total. The molecule has 1 aromatic rings. The van der Waals surface area contributed by atoms with E-state index in [1.54, 1.807) is 0 Å². The summed E-state index contributed by atoms with van der Waals surface area (Å²) in [6, 6.07) is 2.96. The van der Waals surface area contributed by atoms with Gasteiger partial charge in [-0.05, 0) is 12.1 Å². The number of rotatable bonds is 6. The zero-order valence-corrected chi connectivity index (χ0v) is 9.34. The summed E-state index contributed by atoms with van der Waals surface area (Å²) in [5.41, 5.74) is 5.29. The largest absolute Gasteiger partial charge is 0.480 e. The van der Waals surface area contributed by atoms with E-state index in [0.29, 0.717) is 5.82 Å². The van der Waals surface area contributed by atoms with Gasteiger partial charge < -0.3 is 21.5 Å². The normalized spacial score (nSPS) is 9.56. The molecule has 0 atom stereocenters. The molecule has 0 aliphatic carbocycles. The molecule has 8 heteroatoms. The summed E-state index contributed by atoms with van der Waals surface area (Å²) in [5, 5.41) is 13.2. The van der Waals surface area contributed by atoms with E-state index in [0.717, 1.165) is 0 Å². The molecule has 0 aliphatic rings. The van der Waals surface area contributed by atoms with E-state index in [1.165, 1.54) is 18.3 Å². The van der Waals surface area contributed by atoms with Crippen LogP contribution in [0.25, 0.3) is 0 Å². The lowest BCUT2D eigenvalue weighted by atomic mass is 10.3. The number of primary amides is 1. The number of carboxylic acids is 1. The summed E-state index contributed by atoms with van der Waals surface area (Å²) >= 11 is 0. The van der Waals surface area contributed by atoms with E-state index in [4.69, 9.17) is 10.8 Å². The van der Waals surface area contributed by atoms with Crippen molar-refractivity contribution in [3.8, 4) is 0 Å². The van der Waals surface area contributed by atoms with Gasteiger partial charge >= 0.3 is 5.97 Å². The van der Waals surface area contributed by atoms with Gasteiger partial charge in [-0.15, -0.1) is 0 Å². The number of carboxylic acid groups (broad SMARTS) is 1. The number of aromatic nitrogens is 1. The Bertz CT molecular complexity index is 457. The topological polar surface area (TPSA) is 134 Å². The minimum atomic E-state index is -1.12. The SMILES string of the molecule is NC(=O)c1ccc(NCC(=O)NCC(=O)O)nc1. The van der Waals surface area contributed by atoms with Crippen molar-refractivity contribution >= 4 is 23.6 Å². The van der Waals surface area contributed by atoms with Gasteiger partial charge in [-0.2, -0.15) is 0 Å². The van der Waals surface area contributed by atoms with Crippen molar-refractivity contribution in [1.29, 1.82) is 0 Å². The monoisotopic (exact) mass is 252 g/mol. The minimum absolute atomic E-state index is 0.115. The summed E-state index contributed by atoms with van der Waals surface area (Å²) in [6.07, 6.45) is 1.28. The highest BCUT2D eigenvalue weighted by Crippen LogP contribution is 2.03. The molecule has 0 aromatic carbocycles. The molecule has 0 spiro atoms. The van der Waals surface area contributed by atoms with Gasteiger partial charge in [-0.3, -0.25) is 14.4 Å². The lowest BCUT2D eigenvalue weighted by Crippen LogP contribution is -2.33. The van der Waals surface area contributed by atoms with Crippen LogP contribution < -0.4 is 16.4 Å². The standard InChI is InChI=1S/C10H12N4O4/c11-10(18)6-1-2-7(12-3-6)13-4-8(15)14-5-9(16)17/h1-3H,4-5H2,(H2,11,18)(H,12,13)(H,14,15)(H,16,17). The Kier molecular flexibility index (Phi) is 4.61. The van der Waals surface area contributed by atoms with Crippen LogP contribution in [-0.2, 0) is 9.59 Å². The van der Waals surface area contributed by atoms with Gasteiger partial charge in [0.1, 0.15) is 12.4 Å². The Balaban J connectivity index is 2.41. The van der Waals surface area contributed by atoms with Crippen molar-refractivity contribution in [2.75, 3.05) is 18.4 Å². The van der Waals surface area contributed by atoms with Crippen LogP contribution in [0.3, 0.4) is 0 Å². The maximum absolute atomic E-state index is 11.2. The average Bonchev–Trinajstić information content (AvgIpc) is 2.34. The summed E-state index contributed by atoms with van der Waals surface area (Å²) in [4.78, 5) is 36.0. The third kappa shape index (κ3) is 4.47. The third-order valence-electron chi connectivity index (χ3n) is 1.91. The van der Waals surface area contributed by atoms with Crippen molar-refractivity contribution < 1.29 is 19.5 Å². The number of hydrogen-bond donors (Lipinski definition) is 4. The molecule has 0 bridgehead atoms. The fourth-order valence-electron chi connectivity index (χ4n) is 1.05. The first kappa shape index (κ1) is 13.4. The zero-order chi connectivity index (χ0) is 13.5. The molecule has 0 radical (unpaired) electrons. The summed E-state index contributed by atoms with van der Waals surface area (Å²) in [5.74, 6) is -1.80. The van der Waals surface area contributed by atoms with E-state index < -0.39 is 24.3 Å². The third-order valence-corrected chi connectivity index (χ3v) is 1.91. The molecule has 18 heavy (non-hydrogen) atoms.